The van der Waals surface area contributed by atoms with Crippen LogP contribution in [0, 0.1) is 0 Å². The van der Waals surface area contributed by atoms with E-state index in [2.05, 4.69) is 10.3 Å². The highest BCUT2D eigenvalue weighted by atomic mass is 32.2. The van der Waals surface area contributed by atoms with E-state index in [0.29, 0.717) is 49.5 Å². The summed E-state index contributed by atoms with van der Waals surface area (Å²) in [6, 6.07) is 15.0. The largest absolute Gasteiger partial charge is 0.383 e. The van der Waals surface area contributed by atoms with Crippen LogP contribution in [0.4, 0.5) is 11.4 Å². The number of carbonyl (C=O) groups excluding carboxylic acids is 2. The number of carbonyl (C=O) groups is 2. The Morgan fingerprint density at radius 1 is 1.16 bits per heavy atom. The SMILES string of the molecule is COCC(C)N1C(=O)C(CC(=O)Nc2ccccc2)SC1=Nc1ccc(S(=O)(=O)N2CCOCC2)cc1. The molecule has 2 saturated heterocycles. The number of hydrogen-bond acceptors (Lipinski definition) is 8. The predicted molar refractivity (Wildman–Crippen MR) is 142 cm³/mol. The second-order valence-electron chi connectivity index (χ2n) is 8.64. The van der Waals surface area contributed by atoms with Crippen LogP contribution in [0.1, 0.15) is 13.3 Å². The maximum atomic E-state index is 13.3. The summed E-state index contributed by atoms with van der Waals surface area (Å²) < 4.78 is 37.7. The number of ether oxygens (including phenoxy) is 2. The normalized spacial score (nSPS) is 20.8. The van der Waals surface area contributed by atoms with Crippen molar-refractivity contribution in [3.63, 3.8) is 0 Å². The number of sulfonamides is 1. The van der Waals surface area contributed by atoms with Gasteiger partial charge in [0.2, 0.25) is 21.8 Å². The Kier molecular flexibility index (Phi) is 8.98. The van der Waals surface area contributed by atoms with E-state index >= 15 is 0 Å². The number of benzene rings is 2. The Labute approximate surface area is 221 Å². The first kappa shape index (κ1) is 27.3. The van der Waals surface area contributed by atoms with Crippen molar-refractivity contribution in [2.75, 3.05) is 45.3 Å². The van der Waals surface area contributed by atoms with Crippen molar-refractivity contribution in [1.82, 2.24) is 9.21 Å². The molecule has 0 radical (unpaired) electrons. The summed E-state index contributed by atoms with van der Waals surface area (Å²) in [5.74, 6) is -0.488. The number of para-hydroxylation sites is 1. The van der Waals surface area contributed by atoms with E-state index in [1.54, 1.807) is 36.3 Å². The van der Waals surface area contributed by atoms with Crippen LogP contribution in [0.2, 0.25) is 0 Å². The van der Waals surface area contributed by atoms with E-state index in [-0.39, 0.29) is 29.2 Å². The van der Waals surface area contributed by atoms with E-state index < -0.39 is 15.3 Å². The van der Waals surface area contributed by atoms with Crippen LogP contribution in [0.15, 0.2) is 64.5 Å². The summed E-state index contributed by atoms with van der Waals surface area (Å²) in [4.78, 5) is 32.2. The van der Waals surface area contributed by atoms with Crippen LogP contribution in [0.3, 0.4) is 0 Å². The number of methoxy groups -OCH3 is 1. The molecular weight excluding hydrogens is 516 g/mol. The van der Waals surface area contributed by atoms with Gasteiger partial charge in [-0.15, -0.1) is 0 Å². The average molecular weight is 547 g/mol. The molecule has 10 nitrogen and oxygen atoms in total. The van der Waals surface area contributed by atoms with E-state index in [4.69, 9.17) is 9.47 Å². The van der Waals surface area contributed by atoms with Crippen LogP contribution in [0.5, 0.6) is 0 Å². The molecule has 4 rings (SSSR count). The van der Waals surface area contributed by atoms with Crippen molar-refractivity contribution >= 4 is 50.1 Å². The first-order valence-corrected chi connectivity index (χ1v) is 14.2. The molecular formula is C25H30N4O6S2. The van der Waals surface area contributed by atoms with Gasteiger partial charge in [-0.05, 0) is 43.3 Å². The number of amidine groups is 1. The van der Waals surface area contributed by atoms with Gasteiger partial charge in [0.25, 0.3) is 0 Å². The summed E-state index contributed by atoms with van der Waals surface area (Å²) >= 11 is 1.22. The van der Waals surface area contributed by atoms with Crippen molar-refractivity contribution in [3.05, 3.63) is 54.6 Å². The van der Waals surface area contributed by atoms with Crippen LogP contribution >= 0.6 is 11.8 Å². The molecule has 12 heteroatoms. The standard InChI is InChI=1S/C25H30N4O6S2/c1-18(17-34-2)29-24(31)22(16-23(30)26-19-6-4-3-5-7-19)36-25(29)27-20-8-10-21(11-9-20)37(32,33)28-12-14-35-15-13-28/h3-11,18,22H,12-17H2,1-2H3,(H,26,30). The van der Waals surface area contributed by atoms with Gasteiger partial charge in [-0.3, -0.25) is 14.5 Å². The van der Waals surface area contributed by atoms with Crippen LogP contribution in [-0.4, -0.2) is 85.9 Å². The van der Waals surface area contributed by atoms with Gasteiger partial charge in [-0.25, -0.2) is 13.4 Å². The molecule has 2 fully saturated rings. The van der Waals surface area contributed by atoms with E-state index in [9.17, 15) is 18.0 Å². The Morgan fingerprint density at radius 3 is 2.49 bits per heavy atom. The lowest BCUT2D eigenvalue weighted by molar-refractivity contribution is -0.130. The van der Waals surface area contributed by atoms with Crippen molar-refractivity contribution in [1.29, 1.82) is 0 Å². The maximum Gasteiger partial charge on any atom is 0.243 e. The minimum Gasteiger partial charge on any atom is -0.383 e. The van der Waals surface area contributed by atoms with Gasteiger partial charge in [0.1, 0.15) is 5.25 Å². The number of amides is 2. The fourth-order valence-corrected chi connectivity index (χ4v) is 6.71. The predicted octanol–water partition coefficient (Wildman–Crippen LogP) is 2.70. The number of nitrogens with one attached hydrogen (secondary N) is 1. The number of hydrogen-bond donors (Lipinski definition) is 1. The monoisotopic (exact) mass is 546 g/mol. The molecule has 2 unspecified atom stereocenters. The number of morpholine rings is 1. The fraction of sp³-hybridized carbons (Fsp3) is 0.400. The summed E-state index contributed by atoms with van der Waals surface area (Å²) in [7, 11) is -2.07. The number of rotatable bonds is 9. The molecule has 0 spiro atoms. The number of aliphatic imine (C=N–C) groups is 1. The quantitative estimate of drug-likeness (QED) is 0.514. The number of thioether (sulfide) groups is 1. The third-order valence-corrected chi connectivity index (χ3v) is 8.98. The first-order valence-electron chi connectivity index (χ1n) is 11.9. The Balaban J connectivity index is 1.52. The van der Waals surface area contributed by atoms with E-state index in [0.717, 1.165) is 0 Å². The molecule has 0 aliphatic carbocycles. The van der Waals surface area contributed by atoms with Gasteiger partial charge in [-0.2, -0.15) is 4.31 Å². The molecule has 2 amide bonds. The second-order valence-corrected chi connectivity index (χ2v) is 11.7. The van der Waals surface area contributed by atoms with Gasteiger partial charge < -0.3 is 14.8 Å². The molecule has 2 aliphatic heterocycles. The Morgan fingerprint density at radius 2 is 1.84 bits per heavy atom. The third kappa shape index (κ3) is 6.57. The minimum atomic E-state index is -3.62. The first-order chi connectivity index (χ1) is 17.8. The summed E-state index contributed by atoms with van der Waals surface area (Å²) in [5.41, 5.74) is 1.16. The fourth-order valence-electron chi connectivity index (χ4n) is 4.06. The molecule has 2 aromatic carbocycles. The highest BCUT2D eigenvalue weighted by Crippen LogP contribution is 2.34. The lowest BCUT2D eigenvalue weighted by Crippen LogP contribution is -2.42. The molecule has 2 atom stereocenters. The molecule has 2 aliphatic rings. The molecule has 37 heavy (non-hydrogen) atoms. The molecule has 2 aromatic rings. The molecule has 198 valence electrons. The summed E-state index contributed by atoms with van der Waals surface area (Å²) in [6.45, 7) is 3.52. The van der Waals surface area contributed by atoms with Gasteiger partial charge in [0, 0.05) is 32.3 Å². The third-order valence-electron chi connectivity index (χ3n) is 5.91. The highest BCUT2D eigenvalue weighted by molar-refractivity contribution is 8.15. The molecule has 0 aromatic heterocycles. The van der Waals surface area contributed by atoms with Crippen molar-refractivity contribution in [3.8, 4) is 0 Å². The van der Waals surface area contributed by atoms with Crippen LogP contribution in [-0.2, 0) is 29.1 Å². The molecule has 2 heterocycles. The van der Waals surface area contributed by atoms with Crippen molar-refractivity contribution < 1.29 is 27.5 Å². The zero-order chi connectivity index (χ0) is 26.4. The highest BCUT2D eigenvalue weighted by Gasteiger charge is 2.41. The average Bonchev–Trinajstić information content (AvgIpc) is 3.19. The van der Waals surface area contributed by atoms with E-state index in [1.807, 2.05) is 25.1 Å². The van der Waals surface area contributed by atoms with Gasteiger partial charge in [0.15, 0.2) is 5.17 Å². The Hall–Kier alpha value is -2.77. The van der Waals surface area contributed by atoms with Crippen molar-refractivity contribution in [2.45, 2.75) is 29.5 Å². The van der Waals surface area contributed by atoms with E-state index in [1.165, 1.54) is 28.2 Å². The lowest BCUT2D eigenvalue weighted by atomic mass is 10.2. The topological polar surface area (TPSA) is 118 Å². The van der Waals surface area contributed by atoms with Crippen LogP contribution < -0.4 is 5.32 Å². The minimum absolute atomic E-state index is 0.00958. The van der Waals surface area contributed by atoms with Crippen LogP contribution in [0.25, 0.3) is 0 Å². The van der Waals surface area contributed by atoms with Gasteiger partial charge in [0.05, 0.1) is 36.4 Å². The second kappa shape index (κ2) is 12.2. The summed E-state index contributed by atoms with van der Waals surface area (Å²) in [5, 5.41) is 2.62. The molecule has 0 saturated carbocycles. The Bertz CT molecular complexity index is 1230. The molecule has 1 N–H and O–H groups in total. The number of anilines is 1. The lowest BCUT2D eigenvalue weighted by Gasteiger charge is -2.26. The molecule has 0 bridgehead atoms. The maximum absolute atomic E-state index is 13.3. The zero-order valence-electron chi connectivity index (χ0n) is 20.7. The van der Waals surface area contributed by atoms with Gasteiger partial charge in [-0.1, -0.05) is 30.0 Å². The number of nitrogens with zero attached hydrogens (tertiary/aromatic N) is 3. The van der Waals surface area contributed by atoms with Crippen molar-refractivity contribution in [2.24, 2.45) is 4.99 Å². The van der Waals surface area contributed by atoms with Gasteiger partial charge >= 0.3 is 0 Å². The zero-order valence-corrected chi connectivity index (χ0v) is 22.3. The summed E-state index contributed by atoms with van der Waals surface area (Å²) in [6.07, 6.45) is -0.00958. The smallest absolute Gasteiger partial charge is 0.243 e.